The van der Waals surface area contributed by atoms with Gasteiger partial charge in [0.1, 0.15) is 0 Å². The monoisotopic (exact) mass is 276 g/mol. The maximum Gasteiger partial charge on any atom is 0.231 e. The Bertz CT molecular complexity index is 429. The molecule has 5 heteroatoms. The molecule has 110 valence electrons. The molecule has 1 amide bonds. The minimum atomic E-state index is -0.295. The molecule has 2 atom stereocenters. The third-order valence-corrected chi connectivity index (χ3v) is 4.04. The molecule has 0 radical (unpaired) electrons. The first kappa shape index (κ1) is 14.9. The van der Waals surface area contributed by atoms with Crippen LogP contribution in [-0.4, -0.2) is 34.4 Å². The summed E-state index contributed by atoms with van der Waals surface area (Å²) in [6.07, 6.45) is 8.18. The fourth-order valence-electron chi connectivity index (χ4n) is 3.23. The lowest BCUT2D eigenvalue weighted by Gasteiger charge is -2.38. The molecule has 2 unspecified atom stereocenters. The topological polar surface area (TPSA) is 85.2 Å². The summed E-state index contributed by atoms with van der Waals surface area (Å²) in [6, 6.07) is 4.27. The van der Waals surface area contributed by atoms with Gasteiger partial charge >= 0.3 is 0 Å². The summed E-state index contributed by atoms with van der Waals surface area (Å²) < 4.78 is 0. The number of nitrogens with zero attached hydrogens (tertiary/aromatic N) is 2. The number of primary amides is 1. The number of carbonyl (C=O) groups excluding carboxylic acids is 1. The first-order valence-electron chi connectivity index (χ1n) is 7.29. The second-order valence-corrected chi connectivity index (χ2v) is 5.66. The number of amides is 1. The Morgan fingerprint density at radius 3 is 2.50 bits per heavy atom. The molecule has 0 aromatic carbocycles. The van der Waals surface area contributed by atoms with Gasteiger partial charge in [0.05, 0.1) is 12.6 Å². The van der Waals surface area contributed by atoms with Crippen molar-refractivity contribution in [2.24, 2.45) is 11.5 Å². The van der Waals surface area contributed by atoms with E-state index in [2.05, 4.69) is 9.88 Å². The van der Waals surface area contributed by atoms with Crippen LogP contribution >= 0.6 is 0 Å². The van der Waals surface area contributed by atoms with Crippen molar-refractivity contribution in [1.29, 1.82) is 0 Å². The number of carbonyl (C=O) groups is 1. The Morgan fingerprint density at radius 1 is 1.40 bits per heavy atom. The van der Waals surface area contributed by atoms with E-state index in [1.165, 1.54) is 12.8 Å². The summed E-state index contributed by atoms with van der Waals surface area (Å²) in [5.74, 6) is -0.295. The van der Waals surface area contributed by atoms with Crippen LogP contribution < -0.4 is 11.5 Å². The van der Waals surface area contributed by atoms with E-state index < -0.39 is 0 Å². The molecule has 1 aliphatic rings. The molecule has 1 heterocycles. The minimum absolute atomic E-state index is 0.00796. The highest BCUT2D eigenvalue weighted by atomic mass is 16.1. The molecule has 2 rings (SSSR count). The fourth-order valence-corrected chi connectivity index (χ4v) is 3.23. The van der Waals surface area contributed by atoms with Crippen molar-refractivity contribution in [3.05, 3.63) is 30.1 Å². The van der Waals surface area contributed by atoms with E-state index in [0.717, 1.165) is 18.4 Å². The largest absolute Gasteiger partial charge is 0.369 e. The Balaban J connectivity index is 2.28. The number of rotatable bonds is 6. The molecule has 0 bridgehead atoms. The van der Waals surface area contributed by atoms with E-state index in [4.69, 9.17) is 11.5 Å². The number of nitrogens with two attached hydrogens (primary N) is 2. The summed E-state index contributed by atoms with van der Waals surface area (Å²) in [5, 5.41) is 0. The van der Waals surface area contributed by atoms with Crippen LogP contribution in [-0.2, 0) is 4.79 Å². The van der Waals surface area contributed by atoms with E-state index >= 15 is 0 Å². The average molecular weight is 276 g/mol. The molecular weight excluding hydrogens is 252 g/mol. The minimum Gasteiger partial charge on any atom is -0.369 e. The van der Waals surface area contributed by atoms with Crippen molar-refractivity contribution in [3.63, 3.8) is 0 Å². The third kappa shape index (κ3) is 3.55. The van der Waals surface area contributed by atoms with Gasteiger partial charge < -0.3 is 11.5 Å². The molecule has 1 aliphatic carbocycles. The van der Waals surface area contributed by atoms with Gasteiger partial charge in [0, 0.05) is 24.5 Å². The number of hydrogen-bond donors (Lipinski definition) is 2. The molecule has 1 fully saturated rings. The molecule has 4 N–H and O–H groups in total. The Kier molecular flexibility index (Phi) is 5.09. The fraction of sp³-hybridized carbons (Fsp3) is 0.600. The maximum atomic E-state index is 11.5. The van der Waals surface area contributed by atoms with E-state index in [-0.39, 0.29) is 24.5 Å². The van der Waals surface area contributed by atoms with Gasteiger partial charge in [0.15, 0.2) is 0 Å². The van der Waals surface area contributed by atoms with Crippen LogP contribution in [0.2, 0.25) is 0 Å². The molecule has 1 aromatic rings. The van der Waals surface area contributed by atoms with E-state index in [0.29, 0.717) is 6.04 Å². The average Bonchev–Trinajstić information content (AvgIpc) is 2.92. The van der Waals surface area contributed by atoms with Gasteiger partial charge in [-0.15, -0.1) is 0 Å². The molecule has 1 saturated carbocycles. The molecule has 0 spiro atoms. The molecule has 20 heavy (non-hydrogen) atoms. The van der Waals surface area contributed by atoms with Gasteiger partial charge in [0.25, 0.3) is 0 Å². The Labute approximate surface area is 120 Å². The molecule has 5 nitrogen and oxygen atoms in total. The van der Waals surface area contributed by atoms with Crippen LogP contribution in [0.5, 0.6) is 0 Å². The second kappa shape index (κ2) is 6.81. The van der Waals surface area contributed by atoms with Gasteiger partial charge in [-0.3, -0.25) is 14.7 Å². The predicted octanol–water partition coefficient (Wildman–Crippen LogP) is 1.20. The summed E-state index contributed by atoms with van der Waals surface area (Å²) in [6.45, 7) is 2.24. The zero-order valence-electron chi connectivity index (χ0n) is 12.0. The van der Waals surface area contributed by atoms with Gasteiger partial charge in [-0.1, -0.05) is 12.8 Å². The predicted molar refractivity (Wildman–Crippen MR) is 78.8 cm³/mol. The van der Waals surface area contributed by atoms with Gasteiger partial charge in [0.2, 0.25) is 5.91 Å². The van der Waals surface area contributed by atoms with Gasteiger partial charge in [-0.25, -0.2) is 0 Å². The van der Waals surface area contributed by atoms with Crippen LogP contribution in [0.25, 0.3) is 0 Å². The summed E-state index contributed by atoms with van der Waals surface area (Å²) in [5.41, 5.74) is 12.7. The first-order valence-corrected chi connectivity index (χ1v) is 7.29. The quantitative estimate of drug-likeness (QED) is 0.817. The zero-order valence-corrected chi connectivity index (χ0v) is 12.0. The van der Waals surface area contributed by atoms with Crippen molar-refractivity contribution in [2.45, 2.75) is 50.7 Å². The normalized spacial score (nSPS) is 19.1. The smallest absolute Gasteiger partial charge is 0.231 e. The van der Waals surface area contributed by atoms with Crippen LogP contribution in [0.3, 0.4) is 0 Å². The van der Waals surface area contributed by atoms with E-state index in [1.54, 1.807) is 12.4 Å². The summed E-state index contributed by atoms with van der Waals surface area (Å²) in [7, 11) is 0. The van der Waals surface area contributed by atoms with Crippen molar-refractivity contribution < 1.29 is 4.79 Å². The van der Waals surface area contributed by atoms with Gasteiger partial charge in [-0.2, -0.15) is 0 Å². The van der Waals surface area contributed by atoms with Crippen LogP contribution in [0.15, 0.2) is 24.5 Å². The number of hydrogen-bond acceptors (Lipinski definition) is 4. The van der Waals surface area contributed by atoms with Gasteiger partial charge in [-0.05, 0) is 37.5 Å². The van der Waals surface area contributed by atoms with Crippen molar-refractivity contribution >= 4 is 5.91 Å². The van der Waals surface area contributed by atoms with Crippen LogP contribution in [0, 0.1) is 0 Å². The lowest BCUT2D eigenvalue weighted by atomic mass is 9.97. The highest BCUT2D eigenvalue weighted by molar-refractivity contribution is 5.76. The van der Waals surface area contributed by atoms with Crippen molar-refractivity contribution in [3.8, 4) is 0 Å². The maximum absolute atomic E-state index is 11.5. The lowest BCUT2D eigenvalue weighted by molar-refractivity contribution is -0.120. The van der Waals surface area contributed by atoms with Crippen molar-refractivity contribution in [1.82, 2.24) is 9.88 Å². The number of pyridine rings is 1. The standard InChI is InChI=1S/C15H24N4O/c1-11(16)15(12-6-8-18-9-7-12)19(10-14(17)20)13-4-2-3-5-13/h6-9,11,13,15H,2-5,10,16H2,1H3,(H2,17,20). The first-order chi connectivity index (χ1) is 9.59. The number of aromatic nitrogens is 1. The van der Waals surface area contributed by atoms with Crippen LogP contribution in [0.1, 0.15) is 44.2 Å². The Hall–Kier alpha value is -1.46. The van der Waals surface area contributed by atoms with E-state index in [9.17, 15) is 4.79 Å². The summed E-state index contributed by atoms with van der Waals surface area (Å²) >= 11 is 0. The highest BCUT2D eigenvalue weighted by Gasteiger charge is 2.32. The zero-order chi connectivity index (χ0) is 14.5. The van der Waals surface area contributed by atoms with Crippen molar-refractivity contribution in [2.75, 3.05) is 6.54 Å². The molecular formula is C15H24N4O. The molecule has 0 aliphatic heterocycles. The molecule has 1 aromatic heterocycles. The third-order valence-electron chi connectivity index (χ3n) is 4.04. The Morgan fingerprint density at radius 2 is 2.00 bits per heavy atom. The SMILES string of the molecule is CC(N)C(c1ccncc1)N(CC(N)=O)C1CCCC1. The summed E-state index contributed by atoms with van der Waals surface area (Å²) in [4.78, 5) is 17.7. The second-order valence-electron chi connectivity index (χ2n) is 5.66. The van der Waals surface area contributed by atoms with E-state index in [1.807, 2.05) is 19.1 Å². The van der Waals surface area contributed by atoms with Crippen LogP contribution in [0.4, 0.5) is 0 Å². The molecule has 0 saturated heterocycles. The lowest BCUT2D eigenvalue weighted by Crippen LogP contribution is -2.47. The highest BCUT2D eigenvalue weighted by Crippen LogP contribution is 2.32.